The highest BCUT2D eigenvalue weighted by Crippen LogP contribution is 2.51. The maximum atomic E-state index is 11.6. The fourth-order valence-corrected chi connectivity index (χ4v) is 4.78. The quantitative estimate of drug-likeness (QED) is 0.281. The number of esters is 1. The lowest BCUT2D eigenvalue weighted by Crippen LogP contribution is -2.34. The minimum Gasteiger partial charge on any atom is -0.457 e. The average Bonchev–Trinajstić information content (AvgIpc) is 3.10. The van der Waals surface area contributed by atoms with Crippen molar-refractivity contribution in [3.8, 4) is 0 Å². The number of aldehydes is 1. The summed E-state index contributed by atoms with van der Waals surface area (Å²) in [7, 11) is 0. The Morgan fingerprint density at radius 1 is 1.22 bits per heavy atom. The summed E-state index contributed by atoms with van der Waals surface area (Å²) in [6.45, 7) is 5.80. The van der Waals surface area contributed by atoms with Gasteiger partial charge in [-0.2, -0.15) is 0 Å². The topological polar surface area (TPSA) is 52.6 Å². The smallest absolute Gasteiger partial charge is 0.337 e. The molecule has 0 amide bonds. The lowest BCUT2D eigenvalue weighted by Gasteiger charge is -2.30. The molecule has 3 rings (SSSR count). The van der Waals surface area contributed by atoms with E-state index in [1.54, 1.807) is 19.9 Å². The molecule has 1 heterocycles. The average molecular weight is 370 g/mol. The zero-order valence-electron chi connectivity index (χ0n) is 16.5. The number of carbonyl (C=O) groups excluding carboxylic acids is 2. The number of cyclic esters (lactones) is 1. The maximum absolute atomic E-state index is 11.6. The van der Waals surface area contributed by atoms with Crippen LogP contribution in [-0.2, 0) is 19.1 Å². The third-order valence-corrected chi connectivity index (χ3v) is 5.96. The third-order valence-electron chi connectivity index (χ3n) is 5.96. The van der Waals surface area contributed by atoms with Gasteiger partial charge in [0.1, 0.15) is 12.0 Å². The summed E-state index contributed by atoms with van der Waals surface area (Å²) in [4.78, 5) is 22.2. The standard InChI is InChI=1S/C23H30O4/c1-16-11-12-20-19(10-6-7-13-24)17(14-21(16)20)8-4-5-9-18-15-22(25)27-23(2,3)26-18/h4,6-8,11-13,15-17,19-21H,5,9-10,14H2,1-3H3/b7-6-,8-4+/t16-,17+,19-,20+,21+/m0/s1. The van der Waals surface area contributed by atoms with E-state index >= 15 is 0 Å². The van der Waals surface area contributed by atoms with Crippen LogP contribution >= 0.6 is 0 Å². The summed E-state index contributed by atoms with van der Waals surface area (Å²) >= 11 is 0. The number of hydrogen-bond acceptors (Lipinski definition) is 4. The van der Waals surface area contributed by atoms with Gasteiger partial charge in [-0.3, -0.25) is 4.79 Å². The Morgan fingerprint density at radius 2 is 2.04 bits per heavy atom. The number of ether oxygens (including phenoxy) is 2. The molecule has 0 saturated heterocycles. The molecule has 1 aliphatic heterocycles. The zero-order chi connectivity index (χ0) is 19.4. The summed E-state index contributed by atoms with van der Waals surface area (Å²) < 4.78 is 10.8. The van der Waals surface area contributed by atoms with Crippen LogP contribution < -0.4 is 0 Å². The molecule has 146 valence electrons. The fourth-order valence-electron chi connectivity index (χ4n) is 4.78. The van der Waals surface area contributed by atoms with Gasteiger partial charge >= 0.3 is 5.97 Å². The normalized spacial score (nSPS) is 34.6. The van der Waals surface area contributed by atoms with Crippen LogP contribution in [0, 0.1) is 29.6 Å². The fraction of sp³-hybridized carbons (Fsp3) is 0.565. The Kier molecular flexibility index (Phi) is 6.03. The predicted octanol–water partition coefficient (Wildman–Crippen LogP) is 4.74. The first-order chi connectivity index (χ1) is 12.9. The molecule has 3 aliphatic rings. The Hall–Kier alpha value is -2.10. The van der Waals surface area contributed by atoms with Crippen LogP contribution in [0.25, 0.3) is 0 Å². The van der Waals surface area contributed by atoms with Crippen molar-refractivity contribution in [1.82, 2.24) is 0 Å². The Labute approximate surface area is 162 Å². The summed E-state index contributed by atoms with van der Waals surface area (Å²) in [5.41, 5.74) is 0. The first-order valence-corrected chi connectivity index (χ1v) is 9.97. The largest absolute Gasteiger partial charge is 0.457 e. The molecule has 0 radical (unpaired) electrons. The van der Waals surface area contributed by atoms with Crippen molar-refractivity contribution in [3.63, 3.8) is 0 Å². The minimum absolute atomic E-state index is 0.336. The summed E-state index contributed by atoms with van der Waals surface area (Å²) in [6.07, 6.45) is 18.9. The zero-order valence-corrected chi connectivity index (χ0v) is 16.5. The maximum Gasteiger partial charge on any atom is 0.337 e. The van der Waals surface area contributed by atoms with E-state index in [4.69, 9.17) is 9.47 Å². The van der Waals surface area contributed by atoms with E-state index in [0.717, 1.165) is 19.1 Å². The van der Waals surface area contributed by atoms with Crippen molar-refractivity contribution >= 4 is 12.3 Å². The van der Waals surface area contributed by atoms with Gasteiger partial charge in [0, 0.05) is 20.3 Å². The van der Waals surface area contributed by atoms with Gasteiger partial charge in [0.2, 0.25) is 5.79 Å². The molecule has 5 atom stereocenters. The van der Waals surface area contributed by atoms with Crippen LogP contribution in [0.1, 0.15) is 46.5 Å². The van der Waals surface area contributed by atoms with Crippen LogP contribution in [-0.4, -0.2) is 18.0 Å². The van der Waals surface area contributed by atoms with E-state index in [-0.39, 0.29) is 5.97 Å². The number of fused-ring (bicyclic) bond motifs is 1. The van der Waals surface area contributed by atoms with Gasteiger partial charge in [0.05, 0.1) is 6.08 Å². The molecular weight excluding hydrogens is 340 g/mol. The van der Waals surface area contributed by atoms with Crippen LogP contribution in [0.4, 0.5) is 0 Å². The van der Waals surface area contributed by atoms with Gasteiger partial charge in [0.15, 0.2) is 0 Å². The van der Waals surface area contributed by atoms with E-state index in [9.17, 15) is 9.59 Å². The number of rotatable bonds is 7. The monoisotopic (exact) mass is 370 g/mol. The molecule has 4 nitrogen and oxygen atoms in total. The number of carbonyl (C=O) groups is 2. The lowest BCUT2D eigenvalue weighted by molar-refractivity contribution is -0.205. The van der Waals surface area contributed by atoms with Gasteiger partial charge in [-0.25, -0.2) is 4.79 Å². The van der Waals surface area contributed by atoms with Crippen LogP contribution in [0.3, 0.4) is 0 Å². The van der Waals surface area contributed by atoms with E-state index in [1.165, 1.54) is 12.5 Å². The van der Waals surface area contributed by atoms with E-state index < -0.39 is 5.79 Å². The highest BCUT2D eigenvalue weighted by Gasteiger charge is 2.44. The molecule has 0 N–H and O–H groups in total. The van der Waals surface area contributed by atoms with E-state index in [1.807, 2.05) is 6.08 Å². The van der Waals surface area contributed by atoms with Crippen molar-refractivity contribution in [2.75, 3.05) is 0 Å². The third kappa shape index (κ3) is 4.79. The highest BCUT2D eigenvalue weighted by atomic mass is 16.7. The second kappa shape index (κ2) is 8.28. The molecule has 0 aromatic heterocycles. The van der Waals surface area contributed by atoms with Crippen molar-refractivity contribution in [2.24, 2.45) is 29.6 Å². The molecule has 0 bridgehead atoms. The molecule has 0 aromatic carbocycles. The summed E-state index contributed by atoms with van der Waals surface area (Å²) in [5.74, 6) is 2.53. The van der Waals surface area contributed by atoms with E-state index in [2.05, 4.69) is 31.2 Å². The molecule has 0 spiro atoms. The Morgan fingerprint density at radius 3 is 2.78 bits per heavy atom. The van der Waals surface area contributed by atoms with Crippen molar-refractivity contribution in [3.05, 3.63) is 48.3 Å². The predicted molar refractivity (Wildman–Crippen MR) is 104 cm³/mol. The van der Waals surface area contributed by atoms with Gasteiger partial charge in [-0.05, 0) is 54.9 Å². The highest BCUT2D eigenvalue weighted by molar-refractivity contribution is 5.83. The van der Waals surface area contributed by atoms with Gasteiger partial charge < -0.3 is 9.47 Å². The lowest BCUT2D eigenvalue weighted by atomic mass is 9.85. The second-order valence-electron chi connectivity index (χ2n) is 8.35. The first-order valence-electron chi connectivity index (χ1n) is 9.97. The summed E-state index contributed by atoms with van der Waals surface area (Å²) in [5, 5.41) is 0. The molecule has 1 saturated carbocycles. The second-order valence-corrected chi connectivity index (χ2v) is 8.35. The SMILES string of the molecule is C[C@H]1C=C[C@@H]2[C@@H](C/C=C\C=O)[C@H](/C=C/CCC3=CC(=O)OC(C)(C)O3)C[C@@H]21. The molecule has 0 unspecified atom stereocenters. The van der Waals surface area contributed by atoms with Crippen LogP contribution in [0.2, 0.25) is 0 Å². The first kappa shape index (κ1) is 19.7. The molecule has 1 fully saturated rings. The van der Waals surface area contributed by atoms with Crippen molar-refractivity contribution in [2.45, 2.75) is 52.2 Å². The molecule has 27 heavy (non-hydrogen) atoms. The Balaban J connectivity index is 1.58. The Bertz CT molecular complexity index is 682. The van der Waals surface area contributed by atoms with Crippen molar-refractivity contribution in [1.29, 1.82) is 0 Å². The summed E-state index contributed by atoms with van der Waals surface area (Å²) in [6, 6.07) is 0. The number of allylic oxidation sites excluding steroid dienone is 7. The van der Waals surface area contributed by atoms with Gasteiger partial charge in [-0.15, -0.1) is 0 Å². The molecule has 2 aliphatic carbocycles. The van der Waals surface area contributed by atoms with Crippen molar-refractivity contribution < 1.29 is 19.1 Å². The van der Waals surface area contributed by atoms with Crippen LogP contribution in [0.5, 0.6) is 0 Å². The van der Waals surface area contributed by atoms with E-state index in [0.29, 0.717) is 41.8 Å². The molecule has 4 heteroatoms. The minimum atomic E-state index is -0.883. The van der Waals surface area contributed by atoms with Gasteiger partial charge in [-0.1, -0.05) is 37.3 Å². The number of hydrogen-bond donors (Lipinski definition) is 0. The van der Waals surface area contributed by atoms with Crippen LogP contribution in [0.15, 0.2) is 48.3 Å². The molecule has 0 aromatic rings. The molecular formula is C23H30O4. The van der Waals surface area contributed by atoms with Gasteiger partial charge in [0.25, 0.3) is 0 Å².